The zero-order valence-electron chi connectivity index (χ0n) is 15.5. The highest BCUT2D eigenvalue weighted by molar-refractivity contribution is 5.94. The predicted molar refractivity (Wildman–Crippen MR) is 106 cm³/mol. The average molecular weight is 355 g/mol. The molecule has 1 heterocycles. The first-order chi connectivity index (χ1) is 12.7. The molecule has 138 valence electrons. The molecular formula is C20H25N3O3. The zero-order chi connectivity index (χ0) is 18.5. The quantitative estimate of drug-likeness (QED) is 0.477. The maximum absolute atomic E-state index is 12.9. The standard InChI is InChI=1S/C20H25N3O3/c1-21-8-10-25-14-4-6-16-18(12-14)23(3)19-13-15(26-11-9-22-2)5-7-17(19)20(16)24/h4-7,12-13,21-22H,8-11H2,1-3H3. The summed E-state index contributed by atoms with van der Waals surface area (Å²) in [7, 11) is 5.73. The van der Waals surface area contributed by atoms with Crippen molar-refractivity contribution in [1.82, 2.24) is 15.2 Å². The lowest BCUT2D eigenvalue weighted by atomic mass is 10.1. The first kappa shape index (κ1) is 18.2. The molecule has 0 unspecified atom stereocenters. The largest absolute Gasteiger partial charge is 0.492 e. The van der Waals surface area contributed by atoms with E-state index in [-0.39, 0.29) is 5.43 Å². The van der Waals surface area contributed by atoms with Crippen molar-refractivity contribution in [1.29, 1.82) is 0 Å². The number of benzene rings is 2. The van der Waals surface area contributed by atoms with Gasteiger partial charge in [0.1, 0.15) is 24.7 Å². The van der Waals surface area contributed by atoms with Gasteiger partial charge in [-0.05, 0) is 38.4 Å². The first-order valence-electron chi connectivity index (χ1n) is 8.77. The van der Waals surface area contributed by atoms with Crippen molar-refractivity contribution in [3.05, 3.63) is 46.6 Å². The minimum atomic E-state index is 0.0247. The fourth-order valence-electron chi connectivity index (χ4n) is 2.96. The van der Waals surface area contributed by atoms with Crippen LogP contribution in [0.15, 0.2) is 41.2 Å². The minimum absolute atomic E-state index is 0.0247. The normalized spacial score (nSPS) is 11.2. The maximum Gasteiger partial charge on any atom is 0.197 e. The summed E-state index contributed by atoms with van der Waals surface area (Å²) < 4.78 is 13.5. The summed E-state index contributed by atoms with van der Waals surface area (Å²) in [6.45, 7) is 2.68. The van der Waals surface area contributed by atoms with E-state index >= 15 is 0 Å². The third-order valence-corrected chi connectivity index (χ3v) is 4.39. The van der Waals surface area contributed by atoms with Gasteiger partial charge in [-0.3, -0.25) is 4.79 Å². The van der Waals surface area contributed by atoms with E-state index in [1.54, 1.807) is 0 Å². The van der Waals surface area contributed by atoms with Crippen LogP contribution < -0.4 is 25.5 Å². The minimum Gasteiger partial charge on any atom is -0.492 e. The molecule has 0 saturated heterocycles. The molecule has 1 aromatic heterocycles. The predicted octanol–water partition coefficient (Wildman–Crippen LogP) is 1.89. The second-order valence-corrected chi connectivity index (χ2v) is 6.15. The van der Waals surface area contributed by atoms with Crippen LogP contribution in [0.2, 0.25) is 0 Å². The van der Waals surface area contributed by atoms with E-state index in [9.17, 15) is 4.79 Å². The lowest BCUT2D eigenvalue weighted by molar-refractivity contribution is 0.318. The Bertz CT molecular complexity index is 892. The molecule has 0 atom stereocenters. The van der Waals surface area contributed by atoms with Crippen LogP contribution in [-0.2, 0) is 7.05 Å². The molecule has 0 spiro atoms. The molecule has 3 rings (SSSR count). The number of likely N-dealkylation sites (N-methyl/N-ethyl adjacent to an activating group) is 2. The fourth-order valence-corrected chi connectivity index (χ4v) is 2.96. The van der Waals surface area contributed by atoms with E-state index in [0.29, 0.717) is 24.0 Å². The van der Waals surface area contributed by atoms with E-state index < -0.39 is 0 Å². The Morgan fingerprint density at radius 3 is 1.73 bits per heavy atom. The van der Waals surface area contributed by atoms with Crippen molar-refractivity contribution in [3.63, 3.8) is 0 Å². The Labute approximate surface area is 152 Å². The number of nitrogens with zero attached hydrogens (tertiary/aromatic N) is 1. The van der Waals surface area contributed by atoms with Gasteiger partial charge in [0.05, 0.1) is 11.0 Å². The van der Waals surface area contributed by atoms with Crippen LogP contribution in [0.1, 0.15) is 0 Å². The van der Waals surface area contributed by atoms with E-state index in [1.807, 2.05) is 62.1 Å². The zero-order valence-corrected chi connectivity index (χ0v) is 15.5. The molecule has 26 heavy (non-hydrogen) atoms. The van der Waals surface area contributed by atoms with Crippen molar-refractivity contribution in [2.45, 2.75) is 0 Å². The molecule has 0 aliphatic rings. The van der Waals surface area contributed by atoms with Crippen molar-refractivity contribution in [2.24, 2.45) is 7.05 Å². The summed E-state index contributed by atoms with van der Waals surface area (Å²) in [5.74, 6) is 1.51. The van der Waals surface area contributed by atoms with Gasteiger partial charge in [0.2, 0.25) is 0 Å². The highest BCUT2D eigenvalue weighted by atomic mass is 16.5. The number of ether oxygens (including phenoxy) is 2. The molecule has 0 aliphatic carbocycles. The molecule has 6 heteroatoms. The van der Waals surface area contributed by atoms with Gasteiger partial charge < -0.3 is 24.7 Å². The van der Waals surface area contributed by atoms with E-state index in [2.05, 4.69) is 10.6 Å². The van der Waals surface area contributed by atoms with Crippen LogP contribution in [0.25, 0.3) is 21.8 Å². The van der Waals surface area contributed by atoms with Gasteiger partial charge >= 0.3 is 0 Å². The van der Waals surface area contributed by atoms with Crippen LogP contribution >= 0.6 is 0 Å². The summed E-state index contributed by atoms with van der Waals surface area (Å²) in [5, 5.41) is 7.47. The number of hydrogen-bond acceptors (Lipinski definition) is 5. The Hall–Kier alpha value is -2.57. The number of pyridine rings is 1. The molecule has 6 nitrogen and oxygen atoms in total. The smallest absolute Gasteiger partial charge is 0.197 e. The number of rotatable bonds is 8. The summed E-state index contributed by atoms with van der Waals surface area (Å²) >= 11 is 0. The number of fused-ring (bicyclic) bond motifs is 2. The second-order valence-electron chi connectivity index (χ2n) is 6.15. The van der Waals surface area contributed by atoms with E-state index in [4.69, 9.17) is 9.47 Å². The van der Waals surface area contributed by atoms with Crippen LogP contribution in [0.4, 0.5) is 0 Å². The Kier molecular flexibility index (Phi) is 5.75. The highest BCUT2D eigenvalue weighted by Crippen LogP contribution is 2.25. The van der Waals surface area contributed by atoms with Crippen LogP contribution in [0.3, 0.4) is 0 Å². The first-order valence-corrected chi connectivity index (χ1v) is 8.77. The third kappa shape index (κ3) is 3.66. The molecule has 0 amide bonds. The molecule has 0 fully saturated rings. The van der Waals surface area contributed by atoms with Crippen molar-refractivity contribution >= 4 is 21.8 Å². The van der Waals surface area contributed by atoms with Gasteiger partial charge in [-0.25, -0.2) is 0 Å². The van der Waals surface area contributed by atoms with Crippen LogP contribution in [0, 0.1) is 0 Å². The third-order valence-electron chi connectivity index (χ3n) is 4.39. The molecule has 2 aromatic carbocycles. The van der Waals surface area contributed by atoms with Gasteiger partial charge in [0.15, 0.2) is 5.43 Å². The van der Waals surface area contributed by atoms with Crippen molar-refractivity contribution in [3.8, 4) is 11.5 Å². The molecule has 0 radical (unpaired) electrons. The maximum atomic E-state index is 12.9. The highest BCUT2D eigenvalue weighted by Gasteiger charge is 2.11. The number of aryl methyl sites for hydroxylation is 1. The van der Waals surface area contributed by atoms with Crippen molar-refractivity contribution < 1.29 is 9.47 Å². The SMILES string of the molecule is CNCCOc1ccc2c(=O)c3ccc(OCCNC)cc3n(C)c2c1. The molecule has 3 aromatic rings. The lowest BCUT2D eigenvalue weighted by Gasteiger charge is -2.14. The Morgan fingerprint density at radius 2 is 1.31 bits per heavy atom. The summed E-state index contributed by atoms with van der Waals surface area (Å²) in [6, 6.07) is 11.2. The van der Waals surface area contributed by atoms with Gasteiger partial charge in [-0.1, -0.05) is 0 Å². The monoisotopic (exact) mass is 355 g/mol. The Morgan fingerprint density at radius 1 is 0.846 bits per heavy atom. The summed E-state index contributed by atoms with van der Waals surface area (Å²) in [6.07, 6.45) is 0. The molecule has 0 aliphatic heterocycles. The Balaban J connectivity index is 2.05. The number of hydrogen-bond donors (Lipinski definition) is 2. The fraction of sp³-hybridized carbons (Fsp3) is 0.350. The topological polar surface area (TPSA) is 64.5 Å². The van der Waals surface area contributed by atoms with E-state index in [1.165, 1.54) is 0 Å². The summed E-state index contributed by atoms with van der Waals surface area (Å²) in [5.41, 5.74) is 1.71. The molecule has 0 saturated carbocycles. The summed E-state index contributed by atoms with van der Waals surface area (Å²) in [4.78, 5) is 12.9. The molecule has 0 bridgehead atoms. The number of nitrogens with one attached hydrogen (secondary N) is 2. The van der Waals surface area contributed by atoms with E-state index in [0.717, 1.165) is 35.6 Å². The molecular weight excluding hydrogens is 330 g/mol. The van der Waals surface area contributed by atoms with Gasteiger partial charge in [-0.2, -0.15) is 0 Å². The van der Waals surface area contributed by atoms with Gasteiger partial charge in [-0.15, -0.1) is 0 Å². The second kappa shape index (κ2) is 8.21. The van der Waals surface area contributed by atoms with Crippen LogP contribution in [-0.4, -0.2) is 45.0 Å². The van der Waals surface area contributed by atoms with Gasteiger partial charge in [0, 0.05) is 43.0 Å². The van der Waals surface area contributed by atoms with Crippen molar-refractivity contribution in [2.75, 3.05) is 40.4 Å². The molecule has 2 N–H and O–H groups in total. The van der Waals surface area contributed by atoms with Gasteiger partial charge in [0.25, 0.3) is 0 Å². The number of aromatic nitrogens is 1. The lowest BCUT2D eigenvalue weighted by Crippen LogP contribution is -2.16. The average Bonchev–Trinajstić information content (AvgIpc) is 2.66. The van der Waals surface area contributed by atoms with Crippen LogP contribution in [0.5, 0.6) is 11.5 Å².